The van der Waals surface area contributed by atoms with Crippen LogP contribution < -0.4 is 11.1 Å². The van der Waals surface area contributed by atoms with E-state index in [1.807, 2.05) is 0 Å². The van der Waals surface area contributed by atoms with E-state index in [0.717, 1.165) is 0 Å². The Bertz CT molecular complexity index is 209. The zero-order valence-electron chi connectivity index (χ0n) is 8.31. The van der Waals surface area contributed by atoms with Crippen molar-refractivity contribution < 1.29 is 24.5 Å². The minimum absolute atomic E-state index is 0.0789. The first kappa shape index (κ1) is 13.8. The van der Waals surface area contributed by atoms with E-state index in [4.69, 9.17) is 20.7 Å². The molecule has 0 amide bonds. The van der Waals surface area contributed by atoms with Crippen molar-refractivity contribution in [2.24, 2.45) is 5.73 Å². The van der Waals surface area contributed by atoms with Gasteiger partial charge in [-0.25, -0.2) is 0 Å². The Morgan fingerprint density at radius 3 is 2.60 bits per heavy atom. The Balaban J connectivity index is 4.00. The maximum atomic E-state index is 11.3. The first-order chi connectivity index (χ1) is 7.11. The highest BCUT2D eigenvalue weighted by Gasteiger charge is 2.19. The highest BCUT2D eigenvalue weighted by molar-refractivity contribution is 5.77. The second-order valence-electron chi connectivity index (χ2n) is 2.80. The van der Waals surface area contributed by atoms with Gasteiger partial charge in [0.2, 0.25) is 0 Å². The third-order valence-corrected chi connectivity index (χ3v) is 1.56. The molecule has 7 nitrogen and oxygen atoms in total. The summed E-state index contributed by atoms with van der Waals surface area (Å²) in [7, 11) is 0. The summed E-state index contributed by atoms with van der Waals surface area (Å²) < 4.78 is 4.71. The quantitative estimate of drug-likeness (QED) is 0.346. The zero-order chi connectivity index (χ0) is 11.7. The van der Waals surface area contributed by atoms with Crippen molar-refractivity contribution in [3.05, 3.63) is 0 Å². The van der Waals surface area contributed by atoms with Crippen LogP contribution >= 0.6 is 0 Å². The molecular weight excluding hydrogens is 204 g/mol. The van der Waals surface area contributed by atoms with E-state index in [2.05, 4.69) is 5.32 Å². The smallest absolute Gasteiger partial charge is 0.323 e. The molecule has 0 fully saturated rings. The van der Waals surface area contributed by atoms with Crippen LogP contribution in [-0.2, 0) is 14.3 Å². The average molecular weight is 220 g/mol. The lowest BCUT2D eigenvalue weighted by Gasteiger charge is -2.14. The normalized spacial score (nSPS) is 12.1. The topological polar surface area (TPSA) is 122 Å². The Morgan fingerprint density at radius 1 is 1.47 bits per heavy atom. The highest BCUT2D eigenvalue weighted by Crippen LogP contribution is 1.94. The van der Waals surface area contributed by atoms with Gasteiger partial charge in [-0.15, -0.1) is 0 Å². The molecule has 0 aliphatic carbocycles. The van der Waals surface area contributed by atoms with E-state index in [9.17, 15) is 9.59 Å². The van der Waals surface area contributed by atoms with Crippen LogP contribution in [0, 0.1) is 0 Å². The van der Waals surface area contributed by atoms with Crippen molar-refractivity contribution in [3.8, 4) is 0 Å². The van der Waals surface area contributed by atoms with E-state index < -0.39 is 18.0 Å². The van der Waals surface area contributed by atoms with Gasteiger partial charge >= 0.3 is 11.9 Å². The van der Waals surface area contributed by atoms with Crippen LogP contribution in [0.4, 0.5) is 0 Å². The molecule has 0 radical (unpaired) electrons. The third kappa shape index (κ3) is 6.83. The molecule has 0 bridgehead atoms. The second-order valence-corrected chi connectivity index (χ2v) is 2.80. The Hall–Kier alpha value is -1.18. The van der Waals surface area contributed by atoms with Gasteiger partial charge in [-0.3, -0.25) is 14.9 Å². The fraction of sp³-hybridized carbons (Fsp3) is 0.750. The molecule has 0 aliphatic heterocycles. The number of rotatable bonds is 8. The molecule has 0 aliphatic rings. The van der Waals surface area contributed by atoms with Crippen molar-refractivity contribution in [3.63, 3.8) is 0 Å². The first-order valence-electron chi connectivity index (χ1n) is 4.54. The minimum atomic E-state index is -1.08. The molecule has 15 heavy (non-hydrogen) atoms. The van der Waals surface area contributed by atoms with Crippen LogP contribution in [0.5, 0.6) is 0 Å². The van der Waals surface area contributed by atoms with Crippen LogP contribution in [0.15, 0.2) is 0 Å². The van der Waals surface area contributed by atoms with Crippen molar-refractivity contribution >= 4 is 11.9 Å². The molecule has 0 aromatic heterocycles. The molecule has 1 unspecified atom stereocenters. The van der Waals surface area contributed by atoms with Gasteiger partial charge in [-0.05, 0) is 6.42 Å². The number of aliphatic hydroxyl groups excluding tert-OH is 1. The summed E-state index contributed by atoms with van der Waals surface area (Å²) in [6.45, 7) is -0.302. The molecule has 88 valence electrons. The molecule has 0 heterocycles. The lowest BCUT2D eigenvalue weighted by atomic mass is 10.2. The van der Waals surface area contributed by atoms with Crippen molar-refractivity contribution in [2.75, 3.05) is 26.3 Å². The number of carboxylic acid groups (broad SMARTS) is 1. The van der Waals surface area contributed by atoms with Crippen LogP contribution in [-0.4, -0.2) is 54.5 Å². The van der Waals surface area contributed by atoms with Gasteiger partial charge in [-0.1, -0.05) is 0 Å². The van der Waals surface area contributed by atoms with Crippen LogP contribution in [0.25, 0.3) is 0 Å². The van der Waals surface area contributed by atoms with Gasteiger partial charge in [0.05, 0.1) is 6.54 Å². The van der Waals surface area contributed by atoms with E-state index in [-0.39, 0.29) is 32.7 Å². The molecule has 0 aromatic rings. The number of hydrogen-bond acceptors (Lipinski definition) is 6. The molecular formula is C8H16N2O5. The van der Waals surface area contributed by atoms with Crippen molar-refractivity contribution in [2.45, 2.75) is 12.5 Å². The fourth-order valence-corrected chi connectivity index (χ4v) is 0.903. The zero-order valence-corrected chi connectivity index (χ0v) is 8.31. The summed E-state index contributed by atoms with van der Waals surface area (Å²) in [6.07, 6.45) is 0.108. The third-order valence-electron chi connectivity index (χ3n) is 1.56. The number of hydrogen-bond donors (Lipinski definition) is 4. The van der Waals surface area contributed by atoms with Crippen LogP contribution in [0.2, 0.25) is 0 Å². The predicted octanol–water partition coefficient (Wildman–Crippen LogP) is -2.09. The predicted molar refractivity (Wildman–Crippen MR) is 51.1 cm³/mol. The molecule has 1 atom stereocenters. The highest BCUT2D eigenvalue weighted by atomic mass is 16.5. The first-order valence-corrected chi connectivity index (χ1v) is 4.54. The largest absolute Gasteiger partial charge is 0.480 e. The Kier molecular flexibility index (Phi) is 7.51. The standard InChI is InChI=1S/C8H16N2O5/c9-2-4-15-8(14)6(1-3-11)10-5-7(12)13/h6,10-11H,1-5,9H2,(H,12,13). The van der Waals surface area contributed by atoms with E-state index in [0.29, 0.717) is 0 Å². The molecule has 0 saturated heterocycles. The lowest BCUT2D eigenvalue weighted by molar-refractivity contribution is -0.146. The summed E-state index contributed by atoms with van der Waals surface area (Å²) in [5.41, 5.74) is 5.13. The van der Waals surface area contributed by atoms with Crippen LogP contribution in [0.1, 0.15) is 6.42 Å². The maximum absolute atomic E-state index is 11.3. The number of esters is 1. The number of nitrogens with one attached hydrogen (secondary N) is 1. The summed E-state index contributed by atoms with van der Waals surface area (Å²) in [5, 5.41) is 19.5. The molecule has 0 spiro atoms. The summed E-state index contributed by atoms with van der Waals surface area (Å²) in [5.74, 6) is -1.68. The molecule has 0 aromatic carbocycles. The van der Waals surface area contributed by atoms with Gasteiger partial charge in [0.1, 0.15) is 12.6 Å². The van der Waals surface area contributed by atoms with E-state index in [1.165, 1.54) is 0 Å². The van der Waals surface area contributed by atoms with Gasteiger partial charge < -0.3 is 20.7 Å². The number of aliphatic hydroxyl groups is 1. The number of carbonyl (C=O) groups is 2. The summed E-state index contributed by atoms with van der Waals surface area (Å²) >= 11 is 0. The fourth-order valence-electron chi connectivity index (χ4n) is 0.903. The SMILES string of the molecule is NCCOC(=O)C(CCO)NCC(=O)O. The number of aliphatic carboxylic acids is 1. The second kappa shape index (κ2) is 8.16. The van der Waals surface area contributed by atoms with Crippen molar-refractivity contribution in [1.82, 2.24) is 5.32 Å². The minimum Gasteiger partial charge on any atom is -0.480 e. The van der Waals surface area contributed by atoms with Gasteiger partial charge in [0.25, 0.3) is 0 Å². The number of nitrogens with two attached hydrogens (primary N) is 1. The Labute approximate surface area is 87.2 Å². The molecule has 0 rings (SSSR count). The van der Waals surface area contributed by atoms with Gasteiger partial charge in [0.15, 0.2) is 0 Å². The van der Waals surface area contributed by atoms with E-state index >= 15 is 0 Å². The van der Waals surface area contributed by atoms with Crippen LogP contribution in [0.3, 0.4) is 0 Å². The average Bonchev–Trinajstić information content (AvgIpc) is 2.20. The monoisotopic (exact) mass is 220 g/mol. The number of ether oxygens (including phenoxy) is 1. The van der Waals surface area contributed by atoms with Gasteiger partial charge in [0, 0.05) is 13.2 Å². The number of carbonyl (C=O) groups excluding carboxylic acids is 1. The lowest BCUT2D eigenvalue weighted by Crippen LogP contribution is -2.41. The van der Waals surface area contributed by atoms with Gasteiger partial charge in [-0.2, -0.15) is 0 Å². The molecule has 7 heteroatoms. The Morgan fingerprint density at radius 2 is 2.13 bits per heavy atom. The van der Waals surface area contributed by atoms with Crippen molar-refractivity contribution in [1.29, 1.82) is 0 Å². The summed E-state index contributed by atoms with van der Waals surface area (Å²) in [4.78, 5) is 21.5. The maximum Gasteiger partial charge on any atom is 0.323 e. The number of carboxylic acids is 1. The summed E-state index contributed by atoms with van der Waals surface area (Å²) in [6, 6.07) is -0.808. The van der Waals surface area contributed by atoms with E-state index in [1.54, 1.807) is 0 Å². The molecule has 0 saturated carbocycles. The molecule has 5 N–H and O–H groups in total.